The van der Waals surface area contributed by atoms with E-state index in [4.69, 9.17) is 0 Å². The van der Waals surface area contributed by atoms with Gasteiger partial charge < -0.3 is 14.7 Å². The highest BCUT2D eigenvalue weighted by Gasteiger charge is 2.24. The van der Waals surface area contributed by atoms with Crippen molar-refractivity contribution >= 4 is 11.9 Å². The van der Waals surface area contributed by atoms with Crippen LogP contribution in [0.1, 0.15) is 37.2 Å². The van der Waals surface area contributed by atoms with Gasteiger partial charge in [-0.05, 0) is 31.4 Å². The average molecular weight is 317 g/mol. The van der Waals surface area contributed by atoms with Crippen molar-refractivity contribution < 1.29 is 4.79 Å². The molecule has 0 aromatic carbocycles. The van der Waals surface area contributed by atoms with Crippen molar-refractivity contribution in [2.45, 2.75) is 26.7 Å². The molecule has 0 atom stereocenters. The SMILES string of the molecule is CCN1CCN(c2nccc(C(=O)N3CCC(C)CC3)n2)CC1. The number of carbonyl (C=O) groups is 1. The smallest absolute Gasteiger partial charge is 0.272 e. The predicted octanol–water partition coefficient (Wildman–Crippen LogP) is 1.49. The van der Waals surface area contributed by atoms with Gasteiger partial charge in [0.2, 0.25) is 5.95 Å². The number of rotatable bonds is 3. The second kappa shape index (κ2) is 7.25. The van der Waals surface area contributed by atoms with Gasteiger partial charge in [0.25, 0.3) is 5.91 Å². The average Bonchev–Trinajstić information content (AvgIpc) is 2.62. The van der Waals surface area contributed by atoms with Crippen LogP contribution in [0.2, 0.25) is 0 Å². The lowest BCUT2D eigenvalue weighted by molar-refractivity contribution is 0.0691. The molecule has 2 saturated heterocycles. The number of amides is 1. The highest BCUT2D eigenvalue weighted by atomic mass is 16.2. The normalized spacial score (nSPS) is 20.8. The molecule has 3 rings (SSSR count). The molecule has 126 valence electrons. The summed E-state index contributed by atoms with van der Waals surface area (Å²) in [7, 11) is 0. The molecule has 2 fully saturated rings. The van der Waals surface area contributed by atoms with Gasteiger partial charge in [0.1, 0.15) is 5.69 Å². The van der Waals surface area contributed by atoms with Gasteiger partial charge >= 0.3 is 0 Å². The van der Waals surface area contributed by atoms with Gasteiger partial charge in [-0.1, -0.05) is 13.8 Å². The zero-order valence-electron chi connectivity index (χ0n) is 14.2. The van der Waals surface area contributed by atoms with Crippen LogP contribution < -0.4 is 4.90 Å². The Kier molecular flexibility index (Phi) is 5.10. The molecular weight excluding hydrogens is 290 g/mol. The number of piperazine rings is 1. The molecule has 2 aliphatic heterocycles. The summed E-state index contributed by atoms with van der Waals surface area (Å²) < 4.78 is 0. The maximum absolute atomic E-state index is 12.6. The highest BCUT2D eigenvalue weighted by molar-refractivity contribution is 5.92. The van der Waals surface area contributed by atoms with Gasteiger partial charge in [0.05, 0.1) is 0 Å². The molecule has 0 bridgehead atoms. The second-order valence-electron chi connectivity index (χ2n) is 6.64. The van der Waals surface area contributed by atoms with E-state index >= 15 is 0 Å². The number of likely N-dealkylation sites (tertiary alicyclic amines) is 1. The molecule has 23 heavy (non-hydrogen) atoms. The van der Waals surface area contributed by atoms with E-state index in [2.05, 4.69) is 33.6 Å². The maximum Gasteiger partial charge on any atom is 0.272 e. The van der Waals surface area contributed by atoms with E-state index in [1.165, 1.54) is 0 Å². The second-order valence-corrected chi connectivity index (χ2v) is 6.64. The van der Waals surface area contributed by atoms with E-state index < -0.39 is 0 Å². The first-order valence-electron chi connectivity index (χ1n) is 8.77. The van der Waals surface area contributed by atoms with Crippen LogP contribution in [0.15, 0.2) is 12.3 Å². The third kappa shape index (κ3) is 3.80. The number of nitrogens with zero attached hydrogens (tertiary/aromatic N) is 5. The van der Waals surface area contributed by atoms with Crippen molar-refractivity contribution in [2.75, 3.05) is 50.7 Å². The fourth-order valence-corrected chi connectivity index (χ4v) is 3.26. The Morgan fingerprint density at radius 1 is 1.17 bits per heavy atom. The van der Waals surface area contributed by atoms with Gasteiger partial charge in [-0.3, -0.25) is 4.79 Å². The molecule has 0 radical (unpaired) electrons. The number of aromatic nitrogens is 2. The summed E-state index contributed by atoms with van der Waals surface area (Å²) in [4.78, 5) is 28.1. The molecule has 0 saturated carbocycles. The van der Waals surface area contributed by atoms with Gasteiger partial charge in [0, 0.05) is 45.5 Å². The molecule has 0 aliphatic carbocycles. The van der Waals surface area contributed by atoms with Crippen LogP contribution in [-0.2, 0) is 0 Å². The third-order valence-corrected chi connectivity index (χ3v) is 5.04. The molecule has 0 N–H and O–H groups in total. The number of hydrogen-bond acceptors (Lipinski definition) is 5. The minimum Gasteiger partial charge on any atom is -0.338 e. The number of likely N-dealkylation sites (N-methyl/N-ethyl adjacent to an activating group) is 1. The number of hydrogen-bond donors (Lipinski definition) is 0. The van der Waals surface area contributed by atoms with Crippen molar-refractivity contribution in [1.82, 2.24) is 19.8 Å². The summed E-state index contributed by atoms with van der Waals surface area (Å²) in [6.07, 6.45) is 3.89. The van der Waals surface area contributed by atoms with E-state index in [0.29, 0.717) is 11.6 Å². The molecule has 0 spiro atoms. The molecular formula is C17H27N5O. The van der Waals surface area contributed by atoms with Crippen molar-refractivity contribution in [1.29, 1.82) is 0 Å². The minimum absolute atomic E-state index is 0.0488. The summed E-state index contributed by atoms with van der Waals surface area (Å²) >= 11 is 0. The van der Waals surface area contributed by atoms with Gasteiger partial charge in [0.15, 0.2) is 0 Å². The van der Waals surface area contributed by atoms with Crippen molar-refractivity contribution in [3.63, 3.8) is 0 Å². The predicted molar refractivity (Wildman–Crippen MR) is 90.7 cm³/mol. The Hall–Kier alpha value is -1.69. The first-order chi connectivity index (χ1) is 11.2. The number of piperidine rings is 1. The fourth-order valence-electron chi connectivity index (χ4n) is 3.26. The molecule has 3 heterocycles. The Labute approximate surface area is 138 Å². The van der Waals surface area contributed by atoms with E-state index in [0.717, 1.165) is 64.6 Å². The van der Waals surface area contributed by atoms with Gasteiger partial charge in [-0.25, -0.2) is 9.97 Å². The molecule has 6 nitrogen and oxygen atoms in total. The van der Waals surface area contributed by atoms with Crippen LogP contribution in [0, 0.1) is 5.92 Å². The van der Waals surface area contributed by atoms with E-state index in [1.807, 2.05) is 4.90 Å². The summed E-state index contributed by atoms with van der Waals surface area (Å²) in [5.74, 6) is 1.46. The first kappa shape index (κ1) is 16.2. The molecule has 1 amide bonds. The molecule has 1 aromatic rings. The summed E-state index contributed by atoms with van der Waals surface area (Å²) in [5, 5.41) is 0. The molecule has 0 unspecified atom stereocenters. The zero-order valence-corrected chi connectivity index (χ0v) is 14.2. The maximum atomic E-state index is 12.6. The largest absolute Gasteiger partial charge is 0.338 e. The quantitative estimate of drug-likeness (QED) is 0.845. The molecule has 6 heteroatoms. The summed E-state index contributed by atoms with van der Waals surface area (Å²) in [6.45, 7) is 11.1. The Balaban J connectivity index is 1.66. The number of carbonyl (C=O) groups excluding carboxylic acids is 1. The Morgan fingerprint density at radius 2 is 1.87 bits per heavy atom. The van der Waals surface area contributed by atoms with Crippen molar-refractivity contribution in [3.05, 3.63) is 18.0 Å². The Morgan fingerprint density at radius 3 is 2.52 bits per heavy atom. The first-order valence-corrected chi connectivity index (χ1v) is 8.77. The van der Waals surface area contributed by atoms with E-state index in [-0.39, 0.29) is 5.91 Å². The highest BCUT2D eigenvalue weighted by Crippen LogP contribution is 2.18. The van der Waals surface area contributed by atoms with Crippen LogP contribution in [0.25, 0.3) is 0 Å². The van der Waals surface area contributed by atoms with Crippen LogP contribution in [-0.4, -0.2) is 71.5 Å². The Bertz CT molecular complexity index is 534. The molecule has 2 aliphatic rings. The lowest BCUT2D eigenvalue weighted by Crippen LogP contribution is -2.47. The van der Waals surface area contributed by atoms with Crippen LogP contribution in [0.5, 0.6) is 0 Å². The lowest BCUT2D eigenvalue weighted by Gasteiger charge is -2.34. The van der Waals surface area contributed by atoms with Crippen LogP contribution in [0.3, 0.4) is 0 Å². The lowest BCUT2D eigenvalue weighted by atomic mass is 9.99. The zero-order chi connectivity index (χ0) is 16.2. The van der Waals surface area contributed by atoms with E-state index in [1.54, 1.807) is 12.3 Å². The summed E-state index contributed by atoms with van der Waals surface area (Å²) in [6, 6.07) is 1.74. The number of anilines is 1. The van der Waals surface area contributed by atoms with Gasteiger partial charge in [-0.2, -0.15) is 0 Å². The van der Waals surface area contributed by atoms with Crippen LogP contribution >= 0.6 is 0 Å². The standard InChI is InChI=1S/C17H27N5O/c1-3-20-10-12-22(13-11-20)17-18-7-4-15(19-17)16(23)21-8-5-14(2)6-9-21/h4,7,14H,3,5-6,8-13H2,1-2H3. The molecule has 1 aromatic heterocycles. The third-order valence-electron chi connectivity index (χ3n) is 5.04. The van der Waals surface area contributed by atoms with E-state index in [9.17, 15) is 4.79 Å². The van der Waals surface area contributed by atoms with Crippen molar-refractivity contribution in [2.24, 2.45) is 5.92 Å². The monoisotopic (exact) mass is 317 g/mol. The van der Waals surface area contributed by atoms with Gasteiger partial charge in [-0.15, -0.1) is 0 Å². The van der Waals surface area contributed by atoms with Crippen LogP contribution in [0.4, 0.5) is 5.95 Å². The fraction of sp³-hybridized carbons (Fsp3) is 0.706. The summed E-state index contributed by atoms with van der Waals surface area (Å²) in [5.41, 5.74) is 0.530. The van der Waals surface area contributed by atoms with Crippen molar-refractivity contribution in [3.8, 4) is 0 Å². The topological polar surface area (TPSA) is 52.6 Å². The minimum atomic E-state index is 0.0488.